The van der Waals surface area contributed by atoms with Crippen LogP contribution in [0.1, 0.15) is 33.6 Å². The van der Waals surface area contributed by atoms with E-state index in [1.807, 2.05) is 31.2 Å². The largest absolute Gasteiger partial charge is 0.497 e. The number of rotatable bonds is 8. The van der Waals surface area contributed by atoms with Gasteiger partial charge >= 0.3 is 0 Å². The number of methoxy groups -OCH3 is 1. The van der Waals surface area contributed by atoms with Crippen molar-refractivity contribution in [3.05, 3.63) is 24.3 Å². The molecule has 1 aromatic rings. The van der Waals surface area contributed by atoms with Crippen LogP contribution in [0.4, 0.5) is 0 Å². The average molecular weight is 365 g/mol. The van der Waals surface area contributed by atoms with E-state index in [4.69, 9.17) is 4.74 Å². The average Bonchev–Trinajstić information content (AvgIpc) is 2.58. The zero-order chi connectivity index (χ0) is 18.2. The molecule has 1 aromatic carbocycles. The first-order chi connectivity index (χ1) is 12.0. The fourth-order valence-corrected chi connectivity index (χ4v) is 4.44. The third kappa shape index (κ3) is 6.90. The summed E-state index contributed by atoms with van der Waals surface area (Å²) in [6, 6.07) is 7.83. The smallest absolute Gasteiger partial charge is 0.233 e. The van der Waals surface area contributed by atoms with Crippen LogP contribution < -0.4 is 10.1 Å². The van der Waals surface area contributed by atoms with Crippen LogP contribution in [0.3, 0.4) is 0 Å². The van der Waals surface area contributed by atoms with E-state index in [-0.39, 0.29) is 11.2 Å². The molecule has 1 aliphatic rings. The van der Waals surface area contributed by atoms with Crippen molar-refractivity contribution >= 4 is 17.7 Å². The second-order valence-electron chi connectivity index (χ2n) is 7.29. The maximum Gasteiger partial charge on any atom is 0.233 e. The van der Waals surface area contributed by atoms with Crippen molar-refractivity contribution in [2.24, 2.45) is 11.8 Å². The van der Waals surface area contributed by atoms with Gasteiger partial charge in [-0.05, 0) is 62.4 Å². The summed E-state index contributed by atoms with van der Waals surface area (Å²) in [5.74, 6) is 2.53. The second kappa shape index (κ2) is 10.1. The maximum atomic E-state index is 12.3. The van der Waals surface area contributed by atoms with Crippen molar-refractivity contribution < 1.29 is 9.53 Å². The van der Waals surface area contributed by atoms with Gasteiger partial charge in [0.05, 0.1) is 12.4 Å². The third-order valence-corrected chi connectivity index (χ3v) is 5.75. The van der Waals surface area contributed by atoms with E-state index in [0.29, 0.717) is 0 Å². The second-order valence-corrected chi connectivity index (χ2v) is 8.70. The Labute approximate surface area is 156 Å². The molecule has 1 heterocycles. The SMILES string of the molecule is COc1ccc(SC(C)C(=O)NCCCN2CC(C)CC(C)C2)cc1. The summed E-state index contributed by atoms with van der Waals surface area (Å²) in [6.45, 7) is 10.9. The molecule has 0 radical (unpaired) electrons. The van der Waals surface area contributed by atoms with E-state index in [1.165, 1.54) is 19.5 Å². The monoisotopic (exact) mass is 364 g/mol. The molecule has 0 aliphatic carbocycles. The molecule has 2 rings (SSSR count). The molecule has 0 bridgehead atoms. The summed E-state index contributed by atoms with van der Waals surface area (Å²) in [6.07, 6.45) is 2.36. The minimum absolute atomic E-state index is 0.0940. The number of carbonyl (C=O) groups is 1. The lowest BCUT2D eigenvalue weighted by molar-refractivity contribution is -0.120. The first-order valence-electron chi connectivity index (χ1n) is 9.28. The number of benzene rings is 1. The van der Waals surface area contributed by atoms with Crippen molar-refractivity contribution in [1.82, 2.24) is 10.2 Å². The minimum Gasteiger partial charge on any atom is -0.497 e. The summed E-state index contributed by atoms with van der Waals surface area (Å²) in [5, 5.41) is 2.98. The first-order valence-corrected chi connectivity index (χ1v) is 10.2. The number of hydrogen-bond donors (Lipinski definition) is 1. The molecule has 25 heavy (non-hydrogen) atoms. The summed E-state index contributed by atoms with van der Waals surface area (Å²) >= 11 is 1.58. The predicted octanol–water partition coefficient (Wildman–Crippen LogP) is 3.66. The highest BCUT2D eigenvalue weighted by atomic mass is 32.2. The Hall–Kier alpha value is -1.20. The molecule has 1 aliphatic heterocycles. The van der Waals surface area contributed by atoms with Gasteiger partial charge in [0.2, 0.25) is 5.91 Å². The number of amides is 1. The zero-order valence-electron chi connectivity index (χ0n) is 16.0. The Balaban J connectivity index is 1.65. The van der Waals surface area contributed by atoms with Crippen LogP contribution in [0.25, 0.3) is 0 Å². The third-order valence-electron chi connectivity index (χ3n) is 4.64. The van der Waals surface area contributed by atoms with Gasteiger partial charge < -0.3 is 15.0 Å². The van der Waals surface area contributed by atoms with E-state index in [9.17, 15) is 4.79 Å². The summed E-state index contributed by atoms with van der Waals surface area (Å²) in [5.41, 5.74) is 0. The van der Waals surface area contributed by atoms with Gasteiger partial charge in [0, 0.05) is 24.5 Å². The summed E-state index contributed by atoms with van der Waals surface area (Å²) in [4.78, 5) is 15.9. The van der Waals surface area contributed by atoms with Gasteiger partial charge in [-0.3, -0.25) is 4.79 Å². The number of hydrogen-bond acceptors (Lipinski definition) is 4. The molecule has 4 nitrogen and oxygen atoms in total. The number of piperidine rings is 1. The number of likely N-dealkylation sites (tertiary alicyclic amines) is 1. The molecule has 140 valence electrons. The van der Waals surface area contributed by atoms with Crippen LogP contribution in [-0.4, -0.2) is 49.3 Å². The number of carbonyl (C=O) groups excluding carboxylic acids is 1. The molecule has 1 N–H and O–H groups in total. The predicted molar refractivity (Wildman–Crippen MR) is 105 cm³/mol. The van der Waals surface area contributed by atoms with Gasteiger partial charge in [-0.2, -0.15) is 0 Å². The number of nitrogens with one attached hydrogen (secondary N) is 1. The van der Waals surface area contributed by atoms with Crippen molar-refractivity contribution in [3.63, 3.8) is 0 Å². The molecule has 1 fully saturated rings. The van der Waals surface area contributed by atoms with Gasteiger partial charge in [0.1, 0.15) is 5.75 Å². The van der Waals surface area contributed by atoms with Crippen molar-refractivity contribution in [1.29, 1.82) is 0 Å². The van der Waals surface area contributed by atoms with Gasteiger partial charge in [-0.15, -0.1) is 11.8 Å². The molecule has 3 unspecified atom stereocenters. The molecule has 0 aromatic heterocycles. The van der Waals surface area contributed by atoms with Gasteiger partial charge in [-0.25, -0.2) is 0 Å². The fourth-order valence-electron chi connectivity index (χ4n) is 3.54. The zero-order valence-corrected chi connectivity index (χ0v) is 16.8. The highest BCUT2D eigenvalue weighted by Crippen LogP contribution is 2.25. The Kier molecular flexibility index (Phi) is 8.10. The molecular formula is C20H32N2O2S. The van der Waals surface area contributed by atoms with Crippen LogP contribution >= 0.6 is 11.8 Å². The number of ether oxygens (including phenoxy) is 1. The van der Waals surface area contributed by atoms with Gasteiger partial charge in [0.25, 0.3) is 0 Å². The molecule has 3 atom stereocenters. The minimum atomic E-state index is -0.0940. The molecular weight excluding hydrogens is 332 g/mol. The van der Waals surface area contributed by atoms with E-state index in [0.717, 1.165) is 42.0 Å². The lowest BCUT2D eigenvalue weighted by Gasteiger charge is -2.34. The van der Waals surface area contributed by atoms with Crippen molar-refractivity contribution in [3.8, 4) is 5.75 Å². The highest BCUT2D eigenvalue weighted by Gasteiger charge is 2.21. The van der Waals surface area contributed by atoms with E-state index in [1.54, 1.807) is 18.9 Å². The molecule has 5 heteroatoms. The van der Waals surface area contributed by atoms with Crippen molar-refractivity contribution in [2.45, 2.75) is 43.8 Å². The van der Waals surface area contributed by atoms with Gasteiger partial charge in [0.15, 0.2) is 0 Å². The summed E-state index contributed by atoms with van der Waals surface area (Å²) < 4.78 is 5.16. The first kappa shape index (κ1) is 20.1. The molecule has 0 saturated carbocycles. The van der Waals surface area contributed by atoms with E-state index < -0.39 is 0 Å². The highest BCUT2D eigenvalue weighted by molar-refractivity contribution is 8.00. The van der Waals surface area contributed by atoms with Crippen molar-refractivity contribution in [2.75, 3.05) is 33.3 Å². The standard InChI is InChI=1S/C20H32N2O2S/c1-15-12-16(2)14-22(13-15)11-5-10-21-20(23)17(3)25-19-8-6-18(24-4)7-9-19/h6-9,15-17H,5,10-14H2,1-4H3,(H,21,23). The fraction of sp³-hybridized carbons (Fsp3) is 0.650. The lowest BCUT2D eigenvalue weighted by Crippen LogP contribution is -2.40. The van der Waals surface area contributed by atoms with Gasteiger partial charge in [-0.1, -0.05) is 13.8 Å². The Morgan fingerprint density at radius 2 is 1.92 bits per heavy atom. The summed E-state index contributed by atoms with van der Waals surface area (Å²) in [7, 11) is 1.66. The maximum absolute atomic E-state index is 12.3. The quantitative estimate of drug-likeness (QED) is 0.565. The Morgan fingerprint density at radius 1 is 1.28 bits per heavy atom. The van der Waals surface area contributed by atoms with Crippen LogP contribution in [0.2, 0.25) is 0 Å². The van der Waals surface area contributed by atoms with E-state index >= 15 is 0 Å². The normalized spacial score (nSPS) is 22.4. The molecule has 1 amide bonds. The van der Waals surface area contributed by atoms with Crippen LogP contribution in [-0.2, 0) is 4.79 Å². The lowest BCUT2D eigenvalue weighted by atomic mass is 9.92. The van der Waals surface area contributed by atoms with Crippen LogP contribution in [0.5, 0.6) is 5.75 Å². The Morgan fingerprint density at radius 3 is 2.52 bits per heavy atom. The molecule has 0 spiro atoms. The Bertz CT molecular complexity index is 525. The topological polar surface area (TPSA) is 41.6 Å². The number of thioether (sulfide) groups is 1. The number of nitrogens with zero attached hydrogens (tertiary/aromatic N) is 1. The van der Waals surface area contributed by atoms with Crippen LogP contribution in [0, 0.1) is 11.8 Å². The molecule has 1 saturated heterocycles. The van der Waals surface area contributed by atoms with E-state index in [2.05, 4.69) is 24.1 Å². The van der Waals surface area contributed by atoms with Crippen LogP contribution in [0.15, 0.2) is 29.2 Å².